The molecule has 10 heteroatoms. The fraction of sp³-hybridized carbons (Fsp3) is 0.432. The number of hydrogen-bond acceptors (Lipinski definition) is 7. The average molecular weight is 657 g/mol. The molecule has 0 unspecified atom stereocenters. The summed E-state index contributed by atoms with van der Waals surface area (Å²) in [4.78, 5) is 39.6. The van der Waals surface area contributed by atoms with E-state index in [9.17, 15) is 22.8 Å². The fourth-order valence-corrected chi connectivity index (χ4v) is 8.71. The predicted molar refractivity (Wildman–Crippen MR) is 184 cm³/mol. The van der Waals surface area contributed by atoms with Crippen LogP contribution in [0.2, 0.25) is 0 Å². The van der Waals surface area contributed by atoms with Gasteiger partial charge in [0, 0.05) is 48.3 Å². The van der Waals surface area contributed by atoms with Gasteiger partial charge in [0.2, 0.25) is 15.9 Å². The highest BCUT2D eigenvalue weighted by molar-refractivity contribution is 7.89. The van der Waals surface area contributed by atoms with E-state index in [0.717, 1.165) is 60.8 Å². The molecule has 3 aromatic rings. The molecule has 1 atom stereocenters. The first kappa shape index (κ1) is 33.1. The van der Waals surface area contributed by atoms with Crippen molar-refractivity contribution in [3.63, 3.8) is 0 Å². The number of Topliss-reactive ketones (excluding diaryl/α,β-unsaturated/α-hetero) is 2. The number of fused-ring (bicyclic) bond motifs is 1. The first-order valence-corrected chi connectivity index (χ1v) is 18.2. The molecule has 47 heavy (non-hydrogen) atoms. The Morgan fingerprint density at radius 3 is 2.38 bits per heavy atom. The SMILES string of the molecule is Cc1ccc(S(=O)(=O)N2CCCC2)cc1-c1ccc(C[C@H](CC(=O)C2CCC(CN)CC2)C(=O)Nc2ccc3c(c2)NCC3=O)cc1. The van der Waals surface area contributed by atoms with Gasteiger partial charge >= 0.3 is 0 Å². The summed E-state index contributed by atoms with van der Waals surface area (Å²) < 4.78 is 28.0. The first-order chi connectivity index (χ1) is 22.6. The van der Waals surface area contributed by atoms with Gasteiger partial charge in [-0.15, -0.1) is 0 Å². The van der Waals surface area contributed by atoms with E-state index in [1.807, 2.05) is 37.3 Å². The Labute approximate surface area is 277 Å². The second kappa shape index (κ2) is 14.1. The van der Waals surface area contributed by atoms with Crippen LogP contribution in [0.4, 0.5) is 11.4 Å². The highest BCUT2D eigenvalue weighted by Gasteiger charge is 2.31. The lowest BCUT2D eigenvalue weighted by Gasteiger charge is -2.27. The van der Waals surface area contributed by atoms with E-state index in [4.69, 9.17) is 5.73 Å². The van der Waals surface area contributed by atoms with Crippen molar-refractivity contribution in [2.75, 3.05) is 36.8 Å². The molecule has 248 valence electrons. The number of nitrogens with zero attached hydrogens (tertiary/aromatic N) is 1. The van der Waals surface area contributed by atoms with Crippen LogP contribution in [-0.4, -0.2) is 56.4 Å². The Balaban J connectivity index is 1.20. The quantitative estimate of drug-likeness (QED) is 0.245. The van der Waals surface area contributed by atoms with Gasteiger partial charge in [-0.3, -0.25) is 14.4 Å². The van der Waals surface area contributed by atoms with E-state index in [1.165, 1.54) is 0 Å². The minimum atomic E-state index is -3.55. The maximum absolute atomic E-state index is 13.7. The van der Waals surface area contributed by atoms with Crippen molar-refractivity contribution in [1.29, 1.82) is 0 Å². The zero-order chi connectivity index (χ0) is 33.1. The number of rotatable bonds is 11. The Morgan fingerprint density at radius 1 is 0.957 bits per heavy atom. The summed E-state index contributed by atoms with van der Waals surface area (Å²) in [5, 5.41) is 6.06. The molecule has 3 aliphatic rings. The van der Waals surface area contributed by atoms with Gasteiger partial charge in [0.15, 0.2) is 5.78 Å². The Kier molecular flexibility index (Phi) is 9.91. The number of benzene rings is 3. The number of hydrogen-bond donors (Lipinski definition) is 3. The number of anilines is 2. The first-order valence-electron chi connectivity index (χ1n) is 16.8. The zero-order valence-corrected chi connectivity index (χ0v) is 27.8. The number of ketones is 2. The Morgan fingerprint density at radius 2 is 1.68 bits per heavy atom. The van der Waals surface area contributed by atoms with Crippen LogP contribution >= 0.6 is 0 Å². The summed E-state index contributed by atoms with van der Waals surface area (Å²) in [5.41, 5.74) is 11.4. The van der Waals surface area contributed by atoms with Crippen LogP contribution in [0, 0.1) is 24.7 Å². The molecule has 6 rings (SSSR count). The number of aryl methyl sites for hydroxylation is 1. The van der Waals surface area contributed by atoms with Gasteiger partial charge in [0.25, 0.3) is 0 Å². The minimum Gasteiger partial charge on any atom is -0.377 e. The normalized spacial score (nSPS) is 20.4. The molecule has 0 bridgehead atoms. The van der Waals surface area contributed by atoms with E-state index in [2.05, 4.69) is 10.6 Å². The molecule has 1 aliphatic carbocycles. The Bertz CT molecular complexity index is 1760. The fourth-order valence-electron chi connectivity index (χ4n) is 7.17. The van der Waals surface area contributed by atoms with E-state index in [1.54, 1.807) is 34.6 Å². The number of nitrogens with one attached hydrogen (secondary N) is 2. The molecule has 2 heterocycles. The van der Waals surface area contributed by atoms with Gasteiger partial charge in [0.05, 0.1) is 11.4 Å². The largest absolute Gasteiger partial charge is 0.377 e. The molecule has 1 saturated carbocycles. The molecule has 3 aromatic carbocycles. The summed E-state index contributed by atoms with van der Waals surface area (Å²) in [6, 6.07) is 18.3. The van der Waals surface area contributed by atoms with Crippen LogP contribution in [-0.2, 0) is 26.0 Å². The molecule has 0 spiro atoms. The van der Waals surface area contributed by atoms with Crippen molar-refractivity contribution >= 4 is 38.9 Å². The highest BCUT2D eigenvalue weighted by Crippen LogP contribution is 2.33. The standard InChI is InChI=1S/C37H44N4O5S/c1-24-4-14-31(47(45,46)41-16-2-3-17-41)21-33(24)27-9-5-25(6-10-27)18-29(19-35(42)28-11-7-26(22-38)8-12-28)37(44)40-30-13-15-32-34(20-30)39-23-36(32)43/h4-6,9-10,13-15,20-21,26,28-29,39H,2-3,7-8,11-12,16-19,22-23,38H2,1H3,(H,40,44)/t26?,28?,29-/m1/s1. The van der Waals surface area contributed by atoms with Gasteiger partial charge in [-0.1, -0.05) is 30.3 Å². The topological polar surface area (TPSA) is 139 Å². The average Bonchev–Trinajstić information content (AvgIpc) is 3.76. The van der Waals surface area contributed by atoms with Crippen molar-refractivity contribution in [2.24, 2.45) is 23.5 Å². The lowest BCUT2D eigenvalue weighted by atomic mass is 9.77. The summed E-state index contributed by atoms with van der Waals surface area (Å²) >= 11 is 0. The van der Waals surface area contributed by atoms with Gasteiger partial charge < -0.3 is 16.4 Å². The molecule has 4 N–H and O–H groups in total. The maximum atomic E-state index is 13.7. The minimum absolute atomic E-state index is 0.0179. The molecule has 1 saturated heterocycles. The summed E-state index contributed by atoms with van der Waals surface area (Å²) in [5.74, 6) is -0.286. The van der Waals surface area contributed by atoms with Crippen molar-refractivity contribution in [1.82, 2.24) is 4.31 Å². The van der Waals surface area contributed by atoms with E-state index >= 15 is 0 Å². The molecule has 0 radical (unpaired) electrons. The highest BCUT2D eigenvalue weighted by atomic mass is 32.2. The van der Waals surface area contributed by atoms with Crippen molar-refractivity contribution < 1.29 is 22.8 Å². The van der Waals surface area contributed by atoms with Gasteiger partial charge in [0.1, 0.15) is 5.78 Å². The van der Waals surface area contributed by atoms with Gasteiger partial charge in [-0.2, -0.15) is 4.31 Å². The van der Waals surface area contributed by atoms with Crippen molar-refractivity contribution in [2.45, 2.75) is 63.2 Å². The third kappa shape index (κ3) is 7.35. The number of carbonyl (C=O) groups is 3. The van der Waals surface area contributed by atoms with Crippen molar-refractivity contribution in [3.05, 3.63) is 77.4 Å². The van der Waals surface area contributed by atoms with Crippen LogP contribution in [0.15, 0.2) is 65.6 Å². The van der Waals surface area contributed by atoms with Gasteiger partial charge in [-0.05, 0) is 117 Å². The lowest BCUT2D eigenvalue weighted by molar-refractivity contribution is -0.129. The summed E-state index contributed by atoms with van der Waals surface area (Å²) in [6.45, 7) is 3.95. The molecule has 1 amide bonds. The van der Waals surface area contributed by atoms with Gasteiger partial charge in [-0.25, -0.2) is 8.42 Å². The number of carbonyl (C=O) groups excluding carboxylic acids is 3. The molecule has 9 nitrogen and oxygen atoms in total. The van der Waals surface area contributed by atoms with E-state index in [0.29, 0.717) is 53.8 Å². The molecule has 2 aliphatic heterocycles. The van der Waals surface area contributed by atoms with Crippen LogP contribution in [0.5, 0.6) is 0 Å². The second-order valence-electron chi connectivity index (χ2n) is 13.3. The third-order valence-corrected chi connectivity index (χ3v) is 12.0. The summed E-state index contributed by atoms with van der Waals surface area (Å²) in [7, 11) is -3.55. The lowest BCUT2D eigenvalue weighted by Crippen LogP contribution is -2.31. The molecular weight excluding hydrogens is 612 g/mol. The number of nitrogens with two attached hydrogens (primary N) is 1. The van der Waals surface area contributed by atoms with Crippen LogP contribution < -0.4 is 16.4 Å². The van der Waals surface area contributed by atoms with Crippen LogP contribution in [0.25, 0.3) is 11.1 Å². The van der Waals surface area contributed by atoms with Crippen molar-refractivity contribution in [3.8, 4) is 11.1 Å². The van der Waals surface area contributed by atoms with E-state index < -0.39 is 15.9 Å². The number of sulfonamides is 1. The van der Waals surface area contributed by atoms with Crippen LogP contribution in [0.3, 0.4) is 0 Å². The smallest absolute Gasteiger partial charge is 0.243 e. The third-order valence-electron chi connectivity index (χ3n) is 10.1. The maximum Gasteiger partial charge on any atom is 0.243 e. The second-order valence-corrected chi connectivity index (χ2v) is 15.3. The molecular formula is C37H44N4O5S. The number of amides is 1. The van der Waals surface area contributed by atoms with Crippen LogP contribution in [0.1, 0.15) is 66.4 Å². The summed E-state index contributed by atoms with van der Waals surface area (Å²) in [6.07, 6.45) is 5.76. The zero-order valence-electron chi connectivity index (χ0n) is 27.0. The molecule has 0 aromatic heterocycles. The predicted octanol–water partition coefficient (Wildman–Crippen LogP) is 5.58. The monoisotopic (exact) mass is 656 g/mol. The van der Waals surface area contributed by atoms with E-state index in [-0.39, 0.29) is 36.4 Å². The Hall–Kier alpha value is -3.86. The molecule has 2 fully saturated rings.